The third-order valence-corrected chi connectivity index (χ3v) is 6.27. The first-order chi connectivity index (χ1) is 17.1. The van der Waals surface area contributed by atoms with Gasteiger partial charge in [-0.25, -0.2) is 8.42 Å². The zero-order valence-electron chi connectivity index (χ0n) is 20.0. The van der Waals surface area contributed by atoms with Crippen LogP contribution in [0.4, 0.5) is 11.5 Å². The number of benzene rings is 2. The van der Waals surface area contributed by atoms with Crippen molar-refractivity contribution in [1.29, 1.82) is 0 Å². The topological polar surface area (TPSA) is 141 Å². The maximum absolute atomic E-state index is 12.7. The number of sulfonamides is 1. The molecule has 0 saturated heterocycles. The molecular weight excluding hydrogens is 506 g/mol. The number of hydrogen-bond donors (Lipinski definition) is 3. The first-order valence-corrected chi connectivity index (χ1v) is 12.4. The third kappa shape index (κ3) is 7.26. The van der Waals surface area contributed by atoms with Crippen molar-refractivity contribution in [1.82, 2.24) is 15.3 Å². The van der Waals surface area contributed by atoms with E-state index in [2.05, 4.69) is 25.3 Å². The van der Waals surface area contributed by atoms with Crippen LogP contribution in [0.5, 0.6) is 17.6 Å². The van der Waals surface area contributed by atoms with Gasteiger partial charge in [-0.2, -0.15) is 9.97 Å². The van der Waals surface area contributed by atoms with Crippen LogP contribution in [0.1, 0.15) is 11.1 Å². The van der Waals surface area contributed by atoms with Crippen molar-refractivity contribution in [2.75, 3.05) is 30.9 Å². The molecule has 1 aromatic heterocycles. The summed E-state index contributed by atoms with van der Waals surface area (Å²) in [6.45, 7) is 3.61. The van der Waals surface area contributed by atoms with E-state index in [0.717, 1.165) is 11.1 Å². The summed E-state index contributed by atoms with van der Waals surface area (Å²) in [4.78, 5) is 20.0. The summed E-state index contributed by atoms with van der Waals surface area (Å²) in [6.07, 6.45) is 0. The second-order valence-corrected chi connectivity index (χ2v) is 9.56. The highest BCUT2D eigenvalue weighted by molar-refractivity contribution is 7.92. The van der Waals surface area contributed by atoms with E-state index >= 15 is 0 Å². The number of rotatable bonds is 9. The Morgan fingerprint density at radius 1 is 1.00 bits per heavy atom. The van der Waals surface area contributed by atoms with Crippen LogP contribution in [-0.2, 0) is 14.8 Å². The molecule has 3 rings (SSSR count). The van der Waals surface area contributed by atoms with Gasteiger partial charge in [-0.1, -0.05) is 12.1 Å². The Morgan fingerprint density at radius 3 is 2.39 bits per heavy atom. The van der Waals surface area contributed by atoms with E-state index in [0.29, 0.717) is 11.4 Å². The van der Waals surface area contributed by atoms with Crippen LogP contribution in [0.2, 0.25) is 0 Å². The van der Waals surface area contributed by atoms with Gasteiger partial charge in [-0.15, -0.1) is 0 Å². The van der Waals surface area contributed by atoms with E-state index in [1.54, 1.807) is 0 Å². The first kappa shape index (κ1) is 26.6. The number of carbonyl (C=O) groups excluding carboxylic acids is 1. The number of amides is 1. The molecule has 0 atom stereocenters. The average molecular weight is 532 g/mol. The first-order valence-electron chi connectivity index (χ1n) is 10.5. The Labute approximate surface area is 214 Å². The number of methoxy groups -OCH3 is 2. The number of nitrogens with zero attached hydrogens (tertiary/aromatic N) is 2. The van der Waals surface area contributed by atoms with Crippen LogP contribution in [-0.4, -0.2) is 50.2 Å². The molecular formula is C23H25N5O6S2. The van der Waals surface area contributed by atoms with E-state index < -0.39 is 15.9 Å². The Kier molecular flexibility index (Phi) is 8.61. The van der Waals surface area contributed by atoms with Crippen LogP contribution in [0.3, 0.4) is 0 Å². The zero-order chi connectivity index (χ0) is 26.3. The quantitative estimate of drug-likeness (QED) is 0.353. The number of aryl methyl sites for hydroxylation is 2. The van der Waals surface area contributed by atoms with Gasteiger partial charge < -0.3 is 19.5 Å². The summed E-state index contributed by atoms with van der Waals surface area (Å²) in [5.41, 5.74) is 2.40. The molecule has 0 spiro atoms. The maximum atomic E-state index is 12.7. The fraction of sp³-hybridized carbons (Fsp3) is 0.217. The molecule has 0 aliphatic heterocycles. The van der Waals surface area contributed by atoms with E-state index in [-0.39, 0.29) is 34.3 Å². The van der Waals surface area contributed by atoms with E-state index in [1.807, 2.05) is 32.0 Å². The molecule has 3 N–H and O–H groups in total. The van der Waals surface area contributed by atoms with Gasteiger partial charge >= 0.3 is 6.01 Å². The van der Waals surface area contributed by atoms with Gasteiger partial charge in [0.1, 0.15) is 5.75 Å². The van der Waals surface area contributed by atoms with Gasteiger partial charge in [-0.3, -0.25) is 14.8 Å². The van der Waals surface area contributed by atoms with Crippen molar-refractivity contribution < 1.29 is 27.4 Å². The molecule has 2 aromatic carbocycles. The van der Waals surface area contributed by atoms with Crippen molar-refractivity contribution in [3.8, 4) is 17.6 Å². The molecule has 1 amide bonds. The highest BCUT2D eigenvalue weighted by atomic mass is 32.2. The second kappa shape index (κ2) is 11.6. The minimum atomic E-state index is -3.97. The number of anilines is 2. The number of hydrogen-bond acceptors (Lipinski definition) is 9. The summed E-state index contributed by atoms with van der Waals surface area (Å²) in [7, 11) is -1.23. The average Bonchev–Trinajstić information content (AvgIpc) is 2.84. The number of thiocarbonyl (C=S) groups is 1. The van der Waals surface area contributed by atoms with Crippen molar-refractivity contribution >= 4 is 44.8 Å². The van der Waals surface area contributed by atoms with Gasteiger partial charge in [-0.05, 0) is 67.5 Å². The lowest BCUT2D eigenvalue weighted by Crippen LogP contribution is -2.37. The van der Waals surface area contributed by atoms with Crippen molar-refractivity contribution in [2.45, 2.75) is 18.7 Å². The Morgan fingerprint density at radius 2 is 1.72 bits per heavy atom. The van der Waals surface area contributed by atoms with Crippen molar-refractivity contribution in [2.24, 2.45) is 0 Å². The highest BCUT2D eigenvalue weighted by Crippen LogP contribution is 2.22. The number of nitrogens with one attached hydrogen (secondary N) is 3. The van der Waals surface area contributed by atoms with E-state index in [4.69, 9.17) is 26.4 Å². The summed E-state index contributed by atoms with van der Waals surface area (Å²) in [5, 5.41) is 5.39. The molecule has 190 valence electrons. The summed E-state index contributed by atoms with van der Waals surface area (Å²) in [6, 6.07) is 12.7. The van der Waals surface area contributed by atoms with Gasteiger partial charge in [0, 0.05) is 11.8 Å². The van der Waals surface area contributed by atoms with Crippen LogP contribution in [0, 0.1) is 13.8 Å². The lowest BCUT2D eigenvalue weighted by Gasteiger charge is -2.13. The number of carbonyl (C=O) groups is 1. The Balaban J connectivity index is 1.57. The summed E-state index contributed by atoms with van der Waals surface area (Å²) >= 11 is 5.16. The Bertz CT molecular complexity index is 1340. The molecule has 11 nitrogen and oxygen atoms in total. The number of ether oxygens (including phenoxy) is 3. The summed E-state index contributed by atoms with van der Waals surface area (Å²) in [5.74, 6) is 0.294. The SMILES string of the molecule is COc1cc(NS(=O)(=O)c2ccc(NC(=S)NC(=O)COc3cc(C)ccc3C)cc2)nc(OC)n1. The predicted molar refractivity (Wildman–Crippen MR) is 138 cm³/mol. The fourth-order valence-corrected chi connectivity index (χ4v) is 4.12. The van der Waals surface area contributed by atoms with Gasteiger partial charge in [0.05, 0.1) is 19.1 Å². The molecule has 0 radical (unpaired) electrons. The lowest BCUT2D eigenvalue weighted by atomic mass is 10.1. The molecule has 3 aromatic rings. The molecule has 13 heteroatoms. The normalized spacial score (nSPS) is 10.8. The molecule has 0 saturated carbocycles. The predicted octanol–water partition coefficient (Wildman–Crippen LogP) is 2.80. The summed E-state index contributed by atoms with van der Waals surface area (Å²) < 4.78 is 43.4. The monoisotopic (exact) mass is 531 g/mol. The number of aromatic nitrogens is 2. The molecule has 0 unspecified atom stereocenters. The Hall–Kier alpha value is -3.97. The largest absolute Gasteiger partial charge is 0.483 e. The second-order valence-electron chi connectivity index (χ2n) is 7.47. The lowest BCUT2D eigenvalue weighted by molar-refractivity contribution is -0.121. The molecule has 36 heavy (non-hydrogen) atoms. The smallest absolute Gasteiger partial charge is 0.321 e. The minimum absolute atomic E-state index is 0.0205. The molecule has 0 bridgehead atoms. The van der Waals surface area contributed by atoms with Crippen LogP contribution in [0.15, 0.2) is 53.4 Å². The van der Waals surface area contributed by atoms with Crippen LogP contribution in [0.25, 0.3) is 0 Å². The molecule has 0 fully saturated rings. The minimum Gasteiger partial charge on any atom is -0.483 e. The fourth-order valence-electron chi connectivity index (χ4n) is 2.90. The van der Waals surface area contributed by atoms with Gasteiger partial charge in [0.25, 0.3) is 15.9 Å². The molecule has 0 aliphatic rings. The van der Waals surface area contributed by atoms with E-state index in [9.17, 15) is 13.2 Å². The zero-order valence-corrected chi connectivity index (χ0v) is 21.6. The highest BCUT2D eigenvalue weighted by Gasteiger charge is 2.17. The van der Waals surface area contributed by atoms with Crippen molar-refractivity contribution in [3.05, 3.63) is 59.7 Å². The van der Waals surface area contributed by atoms with Gasteiger partial charge in [0.2, 0.25) is 5.88 Å². The van der Waals surface area contributed by atoms with E-state index in [1.165, 1.54) is 44.6 Å². The molecule has 0 aliphatic carbocycles. The van der Waals surface area contributed by atoms with Gasteiger partial charge in [0.15, 0.2) is 17.5 Å². The van der Waals surface area contributed by atoms with Crippen LogP contribution < -0.4 is 29.6 Å². The van der Waals surface area contributed by atoms with Crippen LogP contribution >= 0.6 is 12.2 Å². The standard InChI is InChI=1S/C23H25N5O6S2/c1-14-5-6-15(2)18(11-14)34-13-20(29)26-23(35)24-16-7-9-17(10-8-16)36(30,31)28-19-12-21(32-3)27-22(25-19)33-4/h5-12H,13H2,1-4H3,(H,25,27,28)(H2,24,26,29,35). The molecule has 1 heterocycles. The third-order valence-electron chi connectivity index (χ3n) is 4.69. The van der Waals surface area contributed by atoms with Crippen molar-refractivity contribution in [3.63, 3.8) is 0 Å². The maximum Gasteiger partial charge on any atom is 0.321 e.